The second-order valence-corrected chi connectivity index (χ2v) is 8.20. The Hall–Kier alpha value is -1.80. The Bertz CT molecular complexity index is 724. The summed E-state index contributed by atoms with van der Waals surface area (Å²) < 4.78 is 0. The monoisotopic (exact) mass is 351 g/mol. The molecular weight excluding hydrogens is 318 g/mol. The predicted molar refractivity (Wildman–Crippen MR) is 111 cm³/mol. The Kier molecular flexibility index (Phi) is 6.03. The molecule has 0 spiro atoms. The van der Waals surface area contributed by atoms with Crippen LogP contribution in [0.15, 0.2) is 48.5 Å². The summed E-state index contributed by atoms with van der Waals surface area (Å²) in [7, 11) is 4.20. The number of anilines is 1. The van der Waals surface area contributed by atoms with E-state index in [4.69, 9.17) is 0 Å². The number of rotatable bonds is 6. The van der Waals surface area contributed by atoms with Gasteiger partial charge in [-0.25, -0.2) is 0 Å². The molecule has 26 heavy (non-hydrogen) atoms. The number of aryl methyl sites for hydroxylation is 2. The van der Waals surface area contributed by atoms with E-state index in [1.165, 1.54) is 28.8 Å². The van der Waals surface area contributed by atoms with Crippen LogP contribution in [-0.2, 0) is 12.8 Å². The van der Waals surface area contributed by atoms with Gasteiger partial charge < -0.3 is 10.0 Å². The zero-order valence-corrected chi connectivity index (χ0v) is 16.5. The minimum Gasteiger partial charge on any atom is -0.390 e. The van der Waals surface area contributed by atoms with E-state index in [1.807, 2.05) is 0 Å². The Morgan fingerprint density at radius 3 is 2.42 bits per heavy atom. The van der Waals surface area contributed by atoms with Crippen molar-refractivity contribution in [2.45, 2.75) is 57.5 Å². The third-order valence-corrected chi connectivity index (χ3v) is 6.20. The first-order chi connectivity index (χ1) is 12.5. The van der Waals surface area contributed by atoms with Crippen molar-refractivity contribution in [1.82, 2.24) is 0 Å². The maximum atomic E-state index is 11.6. The maximum Gasteiger partial charge on any atom is 0.0682 e. The average molecular weight is 352 g/mol. The molecule has 0 amide bonds. The number of hydrogen-bond donors (Lipinski definition) is 1. The van der Waals surface area contributed by atoms with Crippen molar-refractivity contribution in [2.75, 3.05) is 19.0 Å². The van der Waals surface area contributed by atoms with Gasteiger partial charge in [-0.05, 0) is 67.7 Å². The Morgan fingerprint density at radius 1 is 1.00 bits per heavy atom. The highest BCUT2D eigenvalue weighted by Gasteiger charge is 2.38. The van der Waals surface area contributed by atoms with Crippen molar-refractivity contribution in [3.8, 4) is 0 Å². The quantitative estimate of drug-likeness (QED) is 0.777. The normalized spacial score (nSPS) is 23.0. The fourth-order valence-electron chi connectivity index (χ4n) is 4.54. The van der Waals surface area contributed by atoms with Gasteiger partial charge in [0, 0.05) is 19.8 Å². The Balaban J connectivity index is 1.76. The summed E-state index contributed by atoms with van der Waals surface area (Å²) in [4.78, 5) is 2.19. The third-order valence-electron chi connectivity index (χ3n) is 6.20. The van der Waals surface area contributed by atoms with Crippen LogP contribution in [0.5, 0.6) is 0 Å². The van der Waals surface area contributed by atoms with Gasteiger partial charge in [-0.2, -0.15) is 0 Å². The lowest BCUT2D eigenvalue weighted by Gasteiger charge is -2.41. The molecule has 0 radical (unpaired) electrons. The van der Waals surface area contributed by atoms with Crippen molar-refractivity contribution in [3.05, 3.63) is 65.2 Å². The maximum absolute atomic E-state index is 11.6. The van der Waals surface area contributed by atoms with E-state index in [9.17, 15) is 5.11 Å². The van der Waals surface area contributed by atoms with Crippen LogP contribution >= 0.6 is 0 Å². The number of aliphatic hydroxyl groups is 1. The molecule has 2 aromatic rings. The molecule has 2 unspecified atom stereocenters. The van der Waals surface area contributed by atoms with E-state index in [-0.39, 0.29) is 0 Å². The lowest BCUT2D eigenvalue weighted by atomic mass is 9.70. The van der Waals surface area contributed by atoms with E-state index in [0.717, 1.165) is 38.5 Å². The third kappa shape index (κ3) is 4.29. The topological polar surface area (TPSA) is 23.5 Å². The molecule has 0 bridgehead atoms. The zero-order valence-electron chi connectivity index (χ0n) is 16.5. The Morgan fingerprint density at radius 2 is 1.69 bits per heavy atom. The average Bonchev–Trinajstić information content (AvgIpc) is 2.63. The Labute approximate surface area is 158 Å². The molecule has 1 aliphatic carbocycles. The molecule has 2 aromatic carbocycles. The molecule has 1 saturated carbocycles. The summed E-state index contributed by atoms with van der Waals surface area (Å²) in [6, 6.07) is 17.2. The summed E-state index contributed by atoms with van der Waals surface area (Å²) in [6.45, 7) is 2.17. The number of para-hydroxylation sites is 1. The molecule has 2 atom stereocenters. The molecular formula is C24H33NO. The largest absolute Gasteiger partial charge is 0.390 e. The molecule has 140 valence electrons. The predicted octanol–water partition coefficient (Wildman–Crippen LogP) is 5.16. The van der Waals surface area contributed by atoms with Gasteiger partial charge in [0.15, 0.2) is 0 Å². The highest BCUT2D eigenvalue weighted by molar-refractivity contribution is 5.52. The van der Waals surface area contributed by atoms with Crippen LogP contribution in [0.1, 0.15) is 48.8 Å². The first-order valence-corrected chi connectivity index (χ1v) is 10.0. The molecule has 0 heterocycles. The second kappa shape index (κ2) is 8.26. The van der Waals surface area contributed by atoms with E-state index >= 15 is 0 Å². The standard InChI is InChI=1S/C24H33NO/c1-19-10-4-5-11-20(19)15-17-24(26)16-9-8-13-22(24)18-21-12-6-7-14-23(21)25(2)3/h4-7,10-12,14,22,26H,8-9,13,15-18H2,1-3H3. The number of benzene rings is 2. The van der Waals surface area contributed by atoms with Gasteiger partial charge in [0.2, 0.25) is 0 Å². The van der Waals surface area contributed by atoms with E-state index < -0.39 is 5.60 Å². The fourth-order valence-corrected chi connectivity index (χ4v) is 4.54. The minimum atomic E-state index is -0.542. The van der Waals surface area contributed by atoms with E-state index in [2.05, 4.69) is 74.4 Å². The van der Waals surface area contributed by atoms with Crippen LogP contribution in [0, 0.1) is 12.8 Å². The van der Waals surface area contributed by atoms with Gasteiger partial charge in [-0.3, -0.25) is 0 Å². The smallest absolute Gasteiger partial charge is 0.0682 e. The molecule has 1 N–H and O–H groups in total. The number of nitrogens with zero attached hydrogens (tertiary/aromatic N) is 1. The molecule has 1 fully saturated rings. The van der Waals surface area contributed by atoms with Crippen LogP contribution in [-0.4, -0.2) is 24.8 Å². The summed E-state index contributed by atoms with van der Waals surface area (Å²) in [5.74, 6) is 0.348. The van der Waals surface area contributed by atoms with Gasteiger partial charge in [0.1, 0.15) is 0 Å². The van der Waals surface area contributed by atoms with Crippen LogP contribution in [0.3, 0.4) is 0 Å². The first-order valence-electron chi connectivity index (χ1n) is 10.0. The highest BCUT2D eigenvalue weighted by Crippen LogP contribution is 2.40. The molecule has 3 rings (SSSR count). The first kappa shape index (κ1) is 19.0. The van der Waals surface area contributed by atoms with E-state index in [1.54, 1.807) is 0 Å². The number of hydrogen-bond acceptors (Lipinski definition) is 2. The summed E-state index contributed by atoms with van der Waals surface area (Å²) in [6.07, 6.45) is 7.26. The molecule has 0 saturated heterocycles. The van der Waals surface area contributed by atoms with E-state index in [0.29, 0.717) is 5.92 Å². The van der Waals surface area contributed by atoms with Gasteiger partial charge >= 0.3 is 0 Å². The molecule has 1 aliphatic rings. The molecule has 0 aromatic heterocycles. The van der Waals surface area contributed by atoms with Crippen LogP contribution in [0.2, 0.25) is 0 Å². The molecule has 2 heteroatoms. The van der Waals surface area contributed by atoms with Gasteiger partial charge in [0.25, 0.3) is 0 Å². The van der Waals surface area contributed by atoms with Crippen LogP contribution in [0.25, 0.3) is 0 Å². The van der Waals surface area contributed by atoms with Gasteiger partial charge in [0.05, 0.1) is 5.60 Å². The highest BCUT2D eigenvalue weighted by atomic mass is 16.3. The fraction of sp³-hybridized carbons (Fsp3) is 0.500. The van der Waals surface area contributed by atoms with Gasteiger partial charge in [-0.15, -0.1) is 0 Å². The van der Waals surface area contributed by atoms with Crippen LogP contribution < -0.4 is 4.90 Å². The summed E-state index contributed by atoms with van der Waals surface area (Å²) in [5, 5.41) is 11.6. The molecule has 0 aliphatic heterocycles. The SMILES string of the molecule is Cc1ccccc1CCC1(O)CCCCC1Cc1ccccc1N(C)C. The molecule has 2 nitrogen and oxygen atoms in total. The van der Waals surface area contributed by atoms with Crippen molar-refractivity contribution >= 4 is 5.69 Å². The van der Waals surface area contributed by atoms with Crippen molar-refractivity contribution in [1.29, 1.82) is 0 Å². The van der Waals surface area contributed by atoms with Crippen molar-refractivity contribution < 1.29 is 5.11 Å². The summed E-state index contributed by atoms with van der Waals surface area (Å²) >= 11 is 0. The lowest BCUT2D eigenvalue weighted by Crippen LogP contribution is -2.42. The van der Waals surface area contributed by atoms with Crippen molar-refractivity contribution in [3.63, 3.8) is 0 Å². The van der Waals surface area contributed by atoms with Gasteiger partial charge in [-0.1, -0.05) is 55.3 Å². The van der Waals surface area contributed by atoms with Crippen LogP contribution in [0.4, 0.5) is 5.69 Å². The zero-order chi connectivity index (χ0) is 18.6. The van der Waals surface area contributed by atoms with Crippen molar-refractivity contribution in [2.24, 2.45) is 5.92 Å². The summed E-state index contributed by atoms with van der Waals surface area (Å²) in [5.41, 5.74) is 4.80. The minimum absolute atomic E-state index is 0.348. The second-order valence-electron chi connectivity index (χ2n) is 8.20. The lowest BCUT2D eigenvalue weighted by molar-refractivity contribution is -0.0544.